The Morgan fingerprint density at radius 3 is 0.314 bits per heavy atom. The lowest BCUT2D eigenvalue weighted by molar-refractivity contribution is 0.635. The standard InChI is InChI=1S/8C6H6.6C5H5N.2C4H6N2.C4H5NS.2C2H3N.8C2H6.8CH3F/c14*1-2-4-6-5-3-1;2*1-6-4-2-3-5-6;1-4-5-2-3-6-4;2*1-3-2;16*1-2/h8*1-6H;6*1-5H;2*2-4H,1H3;2-3H,1H3;2*1H3;8*1-2H3;8*1H3/i;;;;;;;;;;;;;;;;;;;;;;;;;;;3*2-1;;;;;. The number of pyridine rings is 6. The molecule has 0 aliphatic heterocycles. The second-order valence-electron chi connectivity index (χ2n) is 19.2. The quantitative estimate of drug-likeness (QED) is 0.107. The van der Waals surface area contributed by atoms with E-state index in [9.17, 15) is 35.1 Å². The Bertz CT molecular complexity index is 2910. The third kappa shape index (κ3) is 226. The molecule has 140 heavy (non-hydrogen) atoms. The van der Waals surface area contributed by atoms with E-state index in [4.69, 9.17) is 13.1 Å². The number of aromatic nitrogens is 11. The molecule has 0 saturated heterocycles. The van der Waals surface area contributed by atoms with Gasteiger partial charge in [-0.15, -0.1) is 11.3 Å². The topological polar surface area (TPSA) is 135 Å². The van der Waals surface area contributed by atoms with Gasteiger partial charge in [0.1, 0.15) is 0 Å². The summed E-state index contributed by atoms with van der Waals surface area (Å²) in [4.78, 5) is 32.1. The minimum Gasteiger partial charge on any atom is -0.320 e. The molecule has 9 aromatic heterocycles. The smallest absolute Gasteiger partial charge is 0.205 e. The summed E-state index contributed by atoms with van der Waals surface area (Å²) in [7, 11) is 10.6. The van der Waals surface area contributed by atoms with Crippen molar-refractivity contribution in [3.05, 3.63) is 551 Å². The van der Waals surface area contributed by atoms with Gasteiger partial charge in [0, 0.05) is 125 Å². The van der Waals surface area contributed by atoms with E-state index in [0.29, 0.717) is 57.4 Å². The van der Waals surface area contributed by atoms with Crippen LogP contribution in [0.1, 0.15) is 116 Å². The number of nitrogens with zero attached hydrogens (tertiary/aromatic N) is 13. The molecule has 0 N–H and O–H groups in total. The van der Waals surface area contributed by atoms with Crippen molar-refractivity contribution in [3.63, 3.8) is 0 Å². The van der Waals surface area contributed by atoms with Gasteiger partial charge in [-0.3, -0.25) is 79.4 Å². The SMILES string of the molecule is CC.CC.CC.CC.CC.CC.CC.CC.CF.CF.CF.CF.CF.C[18F].C[18F].C[18F].Cc1nccs1.Cn1cccn1.Cn1cccn1.[C-]#[N+]C.[C-]#[N+]C.c1ccccc1.c1ccccc1.c1ccccc1.c1ccccc1.c1ccccc1.c1ccccc1.c1ccccc1.c1ccccc1.c1ccncc1.c1ccncc1.c1ccncc1.c1ccncc1.c1ccncc1.c1ccncc1. The predicted molar refractivity (Wildman–Crippen MR) is 602 cm³/mol. The highest BCUT2D eigenvalue weighted by Crippen LogP contribution is 1.98. The van der Waals surface area contributed by atoms with Crippen LogP contribution < -0.4 is 0 Å². The third-order valence-electron chi connectivity index (χ3n) is 10.6. The van der Waals surface area contributed by atoms with Gasteiger partial charge in [-0.2, -0.15) is 10.2 Å². The van der Waals surface area contributed by atoms with E-state index in [1.807, 2.05) is 562 Å². The van der Waals surface area contributed by atoms with Crippen molar-refractivity contribution in [3.8, 4) is 0 Å². The first-order valence-corrected chi connectivity index (χ1v) is 45.8. The zero-order chi connectivity index (χ0) is 110. The molecule has 13 nitrogen and oxygen atoms in total. The maximum atomic E-state index is 9.50. The van der Waals surface area contributed by atoms with E-state index in [1.54, 1.807) is 114 Å². The molecular formula is C118H173F8N13S. The average molecular weight is 1950 g/mol. The molecule has 9 heterocycles. The van der Waals surface area contributed by atoms with E-state index >= 15 is 0 Å². The molecule has 0 spiro atoms. The maximum absolute atomic E-state index is 9.50. The van der Waals surface area contributed by atoms with E-state index in [0.717, 1.165) is 5.01 Å². The van der Waals surface area contributed by atoms with E-state index < -0.39 is 0 Å². The van der Waals surface area contributed by atoms with Crippen LogP contribution in [0.4, 0.5) is 35.1 Å². The summed E-state index contributed by atoms with van der Waals surface area (Å²) in [6, 6.07) is 134. The van der Waals surface area contributed by atoms with Crippen molar-refractivity contribution in [2.45, 2.75) is 118 Å². The number of rotatable bonds is 0. The normalized spacial score (nSPS) is 6.74. The van der Waals surface area contributed by atoms with Crippen LogP contribution in [0.5, 0.6) is 0 Å². The van der Waals surface area contributed by atoms with Gasteiger partial charge in [-0.25, -0.2) is 13.1 Å². The van der Waals surface area contributed by atoms with Crippen LogP contribution in [-0.4, -0.2) is 126 Å². The lowest BCUT2D eigenvalue weighted by Crippen LogP contribution is -1.83. The number of thiazole rings is 1. The van der Waals surface area contributed by atoms with Crippen LogP contribution in [-0.2, 0) is 14.1 Å². The van der Waals surface area contributed by atoms with Gasteiger partial charge in [-0.05, 0) is 91.9 Å². The van der Waals surface area contributed by atoms with Crippen LogP contribution in [0.25, 0.3) is 9.69 Å². The summed E-state index contributed by atoms with van der Waals surface area (Å²) >= 11 is 1.67. The van der Waals surface area contributed by atoms with Crippen LogP contribution in [0.2, 0.25) is 0 Å². The highest BCUT2D eigenvalue weighted by molar-refractivity contribution is 7.09. The van der Waals surface area contributed by atoms with Crippen molar-refractivity contribution < 1.29 is 35.1 Å². The molecule has 772 valence electrons. The molecule has 22 heteroatoms. The fourth-order valence-corrected chi connectivity index (χ4v) is 6.38. The summed E-state index contributed by atoms with van der Waals surface area (Å²) in [5, 5.41) is 10.8. The highest BCUT2D eigenvalue weighted by Gasteiger charge is 1.77. The number of aryl methyl sites for hydroxylation is 3. The van der Waals surface area contributed by atoms with Gasteiger partial charge in [0.05, 0.1) is 62.4 Å². The van der Waals surface area contributed by atoms with Gasteiger partial charge in [0.15, 0.2) is 0 Å². The van der Waals surface area contributed by atoms with Gasteiger partial charge < -0.3 is 9.69 Å². The number of hydrogen-bond donors (Lipinski definition) is 0. The fraction of sp³-hybridized carbons (Fsp3) is 0.246. The number of benzene rings is 8. The summed E-state index contributed by atoms with van der Waals surface area (Å²) in [6.45, 7) is 45.7. The summed E-state index contributed by atoms with van der Waals surface area (Å²) in [5.74, 6) is 0. The van der Waals surface area contributed by atoms with Crippen LogP contribution in [0.3, 0.4) is 0 Å². The Balaban J connectivity index is -0.0000000691. The lowest BCUT2D eigenvalue weighted by atomic mass is 10.4. The van der Waals surface area contributed by atoms with Gasteiger partial charge in [0.25, 0.3) is 0 Å². The molecule has 0 atom stereocenters. The first-order chi connectivity index (χ1) is 69.5. The first kappa shape index (κ1) is 168. The highest BCUT2D eigenvalue weighted by atomic mass is 32.1. The fourth-order valence-electron chi connectivity index (χ4n) is 5.94. The minimum atomic E-state index is 0.500. The Labute approximate surface area is 850 Å². The molecule has 0 fully saturated rings. The number of hydrogen-bond acceptors (Lipinski definition) is 10. The van der Waals surface area contributed by atoms with E-state index in [2.05, 4.69) is 54.8 Å². The van der Waals surface area contributed by atoms with Crippen molar-refractivity contribution in [2.75, 3.05) is 71.5 Å². The number of alkyl halides is 8. The molecule has 0 bridgehead atoms. The zero-order valence-electron chi connectivity index (χ0n) is 89.4. The van der Waals surface area contributed by atoms with E-state index in [-0.39, 0.29) is 0 Å². The van der Waals surface area contributed by atoms with Crippen molar-refractivity contribution in [2.24, 2.45) is 14.1 Å². The summed E-state index contributed by atoms with van der Waals surface area (Å²) in [5.41, 5.74) is 0. The van der Waals surface area contributed by atoms with Crippen molar-refractivity contribution >= 4 is 11.3 Å². The molecule has 17 rings (SSSR count). The molecule has 0 amide bonds. The molecule has 0 aliphatic rings. The van der Waals surface area contributed by atoms with Gasteiger partial charge in [-0.1, -0.05) is 438 Å². The predicted octanol–water partition coefficient (Wildman–Crippen LogP) is 36.2. The summed E-state index contributed by atoms with van der Waals surface area (Å²) < 4.78 is 79.5. The first-order valence-electron chi connectivity index (χ1n) is 44.9. The molecule has 0 aliphatic carbocycles. The maximum Gasteiger partial charge on any atom is 0.205 e. The molecule has 0 radical (unpaired) electrons. The average Bonchev–Trinajstić information content (AvgIpc) is 1.91. The Hall–Kier alpha value is -14.9. The Morgan fingerprint density at radius 2 is 0.286 bits per heavy atom. The lowest BCUT2D eigenvalue weighted by Gasteiger charge is -1.77. The largest absolute Gasteiger partial charge is 0.320 e. The van der Waals surface area contributed by atoms with Crippen LogP contribution >= 0.6 is 11.3 Å². The second kappa shape index (κ2) is 222. The molecule has 8 aromatic carbocycles. The Morgan fingerprint density at radius 1 is 0.186 bits per heavy atom. The third-order valence-corrected chi connectivity index (χ3v) is 11.3. The van der Waals surface area contributed by atoms with Crippen molar-refractivity contribution in [1.29, 1.82) is 0 Å². The second-order valence-corrected chi connectivity index (χ2v) is 20.3. The monoisotopic (exact) mass is 1950 g/mol. The minimum absolute atomic E-state index is 0.500. The summed E-state index contributed by atoms with van der Waals surface area (Å²) in [6.07, 6.45) is 30.1. The number of halogens is 8. The molecular weight excluding hydrogens is 1780 g/mol. The molecule has 0 saturated carbocycles. The zero-order valence-corrected chi connectivity index (χ0v) is 90.2. The Kier molecular flexibility index (Phi) is 266. The van der Waals surface area contributed by atoms with Crippen LogP contribution in [0.15, 0.2) is 523 Å². The molecule has 17 aromatic rings. The van der Waals surface area contributed by atoms with Crippen molar-refractivity contribution in [1.82, 2.24) is 54.4 Å². The van der Waals surface area contributed by atoms with Gasteiger partial charge >= 0.3 is 0 Å². The van der Waals surface area contributed by atoms with E-state index in [1.165, 1.54) is 14.1 Å². The van der Waals surface area contributed by atoms with Crippen LogP contribution in [0, 0.1) is 20.1 Å². The molecule has 0 unspecified atom stereocenters. The van der Waals surface area contributed by atoms with Gasteiger partial charge in [0.2, 0.25) is 14.1 Å².